The van der Waals surface area contributed by atoms with Gasteiger partial charge in [0.2, 0.25) is 0 Å². The second-order valence-electron chi connectivity index (χ2n) is 3.26. The van der Waals surface area contributed by atoms with Gasteiger partial charge >= 0.3 is 0 Å². The number of hydrogen-bond donors (Lipinski definition) is 2. The quantitative estimate of drug-likeness (QED) is 0.769. The topological polar surface area (TPSA) is 91.2 Å². The Kier molecular flexibility index (Phi) is 2.79. The maximum Gasteiger partial charge on any atom is 0.251 e. The molecule has 0 unspecified atom stereocenters. The van der Waals surface area contributed by atoms with E-state index in [1.54, 1.807) is 6.07 Å². The average molecular weight is 225 g/mol. The Labute approximate surface area is 91.2 Å². The van der Waals surface area contributed by atoms with Crippen LogP contribution in [0.1, 0.15) is 10.4 Å². The molecular formula is C9H11N3O2S. The molecule has 1 aromatic rings. The highest BCUT2D eigenvalue weighted by Crippen LogP contribution is 2.29. The van der Waals surface area contributed by atoms with Crippen molar-refractivity contribution in [2.24, 2.45) is 5.73 Å². The summed E-state index contributed by atoms with van der Waals surface area (Å²) in [7, 11) is 0. The van der Waals surface area contributed by atoms with Crippen molar-refractivity contribution < 1.29 is 9.53 Å². The van der Waals surface area contributed by atoms with Crippen molar-refractivity contribution in [1.29, 1.82) is 0 Å². The first-order valence-corrected chi connectivity index (χ1v) is 5.34. The summed E-state index contributed by atoms with van der Waals surface area (Å²) in [6.07, 6.45) is 1.52. The van der Waals surface area contributed by atoms with Gasteiger partial charge in [-0.3, -0.25) is 4.79 Å². The molecule has 0 saturated carbocycles. The standard InChI is InChI=1S/C9H11N3O2S/c10-5-1-7(8(11)13)9(12-2-5)15-6-3-14-4-6/h1-2,6H,3-4,10H2,(H2,11,13). The normalized spacial score (nSPS) is 16.0. The third-order valence-corrected chi connectivity index (χ3v) is 3.18. The zero-order valence-corrected chi connectivity index (χ0v) is 8.79. The lowest BCUT2D eigenvalue weighted by Gasteiger charge is -2.25. The molecule has 1 aliphatic rings. The number of nitrogen functional groups attached to an aromatic ring is 1. The number of primary amides is 1. The van der Waals surface area contributed by atoms with Gasteiger partial charge in [-0.1, -0.05) is 11.8 Å². The van der Waals surface area contributed by atoms with E-state index in [1.807, 2.05) is 0 Å². The zero-order chi connectivity index (χ0) is 10.8. The number of thioether (sulfide) groups is 1. The second kappa shape index (κ2) is 4.08. The van der Waals surface area contributed by atoms with E-state index in [1.165, 1.54) is 18.0 Å². The predicted molar refractivity (Wildman–Crippen MR) is 57.6 cm³/mol. The zero-order valence-electron chi connectivity index (χ0n) is 7.97. The van der Waals surface area contributed by atoms with Crippen molar-refractivity contribution >= 4 is 23.4 Å². The molecule has 5 nitrogen and oxygen atoms in total. The molecule has 1 amide bonds. The monoisotopic (exact) mass is 225 g/mol. The molecular weight excluding hydrogens is 214 g/mol. The number of carbonyl (C=O) groups excluding carboxylic acids is 1. The first kappa shape index (κ1) is 10.3. The van der Waals surface area contributed by atoms with Gasteiger partial charge in [-0.25, -0.2) is 4.98 Å². The Morgan fingerprint density at radius 3 is 2.87 bits per heavy atom. The molecule has 1 aromatic heterocycles. The number of ether oxygens (including phenoxy) is 1. The third kappa shape index (κ3) is 2.21. The number of nitrogens with zero attached hydrogens (tertiary/aromatic N) is 1. The van der Waals surface area contributed by atoms with Gasteiger partial charge < -0.3 is 16.2 Å². The third-order valence-electron chi connectivity index (χ3n) is 2.02. The molecule has 15 heavy (non-hydrogen) atoms. The van der Waals surface area contributed by atoms with Crippen LogP contribution in [-0.2, 0) is 4.74 Å². The Morgan fingerprint density at radius 2 is 2.33 bits per heavy atom. The van der Waals surface area contributed by atoms with Gasteiger partial charge in [-0.15, -0.1) is 0 Å². The van der Waals surface area contributed by atoms with E-state index in [0.717, 1.165) is 0 Å². The average Bonchev–Trinajstić information content (AvgIpc) is 2.12. The van der Waals surface area contributed by atoms with Crippen molar-refractivity contribution in [2.45, 2.75) is 10.3 Å². The van der Waals surface area contributed by atoms with Crippen molar-refractivity contribution in [3.63, 3.8) is 0 Å². The van der Waals surface area contributed by atoms with E-state index in [0.29, 0.717) is 34.7 Å². The molecule has 0 aliphatic carbocycles. The van der Waals surface area contributed by atoms with Crippen LogP contribution in [-0.4, -0.2) is 29.4 Å². The van der Waals surface area contributed by atoms with Crippen molar-refractivity contribution in [3.05, 3.63) is 17.8 Å². The molecule has 2 heterocycles. The summed E-state index contributed by atoms with van der Waals surface area (Å²) in [4.78, 5) is 15.2. The van der Waals surface area contributed by atoms with Crippen molar-refractivity contribution in [3.8, 4) is 0 Å². The van der Waals surface area contributed by atoms with E-state index in [9.17, 15) is 4.79 Å². The van der Waals surface area contributed by atoms with Crippen LogP contribution in [0.5, 0.6) is 0 Å². The number of rotatable bonds is 3. The van der Waals surface area contributed by atoms with Crippen LogP contribution in [0.3, 0.4) is 0 Å². The van der Waals surface area contributed by atoms with Crippen LogP contribution < -0.4 is 11.5 Å². The highest BCUT2D eigenvalue weighted by atomic mass is 32.2. The minimum absolute atomic E-state index is 0.360. The number of hydrogen-bond acceptors (Lipinski definition) is 5. The predicted octanol–water partition coefficient (Wildman–Crippen LogP) is 0.254. The Hall–Kier alpha value is -1.27. The van der Waals surface area contributed by atoms with Crippen LogP contribution in [0.25, 0.3) is 0 Å². The van der Waals surface area contributed by atoms with E-state index in [2.05, 4.69) is 4.98 Å². The number of aromatic nitrogens is 1. The highest BCUT2D eigenvalue weighted by Gasteiger charge is 2.22. The van der Waals surface area contributed by atoms with Crippen molar-refractivity contribution in [1.82, 2.24) is 4.98 Å². The van der Waals surface area contributed by atoms with E-state index < -0.39 is 5.91 Å². The first-order chi connectivity index (χ1) is 7.16. The van der Waals surface area contributed by atoms with Gasteiger partial charge in [0.05, 0.1) is 35.9 Å². The molecule has 2 rings (SSSR count). The van der Waals surface area contributed by atoms with E-state index in [-0.39, 0.29) is 0 Å². The molecule has 0 radical (unpaired) electrons. The number of nitrogens with two attached hydrogens (primary N) is 2. The largest absolute Gasteiger partial charge is 0.397 e. The lowest BCUT2D eigenvalue weighted by Crippen LogP contribution is -2.30. The Balaban J connectivity index is 2.23. The lowest BCUT2D eigenvalue weighted by molar-refractivity contribution is 0.0454. The SMILES string of the molecule is NC(=O)c1cc(N)cnc1SC1COC1. The maximum absolute atomic E-state index is 11.1. The van der Waals surface area contributed by atoms with Crippen LogP contribution in [0.4, 0.5) is 5.69 Å². The molecule has 80 valence electrons. The maximum atomic E-state index is 11.1. The van der Waals surface area contributed by atoms with Gasteiger partial charge in [0.25, 0.3) is 5.91 Å². The molecule has 0 bridgehead atoms. The summed E-state index contributed by atoms with van der Waals surface area (Å²) in [6.45, 7) is 1.38. The van der Waals surface area contributed by atoms with Crippen molar-refractivity contribution in [2.75, 3.05) is 18.9 Å². The number of pyridine rings is 1. The van der Waals surface area contributed by atoms with Gasteiger partial charge in [0, 0.05) is 0 Å². The highest BCUT2D eigenvalue weighted by molar-refractivity contribution is 8.00. The van der Waals surface area contributed by atoms with Gasteiger partial charge in [0.1, 0.15) is 5.03 Å². The van der Waals surface area contributed by atoms with Crippen LogP contribution in [0.2, 0.25) is 0 Å². The summed E-state index contributed by atoms with van der Waals surface area (Å²) in [5.74, 6) is -0.502. The summed E-state index contributed by atoms with van der Waals surface area (Å²) in [6, 6.07) is 1.55. The summed E-state index contributed by atoms with van der Waals surface area (Å²) >= 11 is 1.50. The summed E-state index contributed by atoms with van der Waals surface area (Å²) in [5, 5.41) is 0.990. The molecule has 0 aromatic carbocycles. The molecule has 6 heteroatoms. The van der Waals surface area contributed by atoms with Gasteiger partial charge in [0.15, 0.2) is 0 Å². The van der Waals surface area contributed by atoms with E-state index in [4.69, 9.17) is 16.2 Å². The minimum Gasteiger partial charge on any atom is -0.397 e. The molecule has 0 atom stereocenters. The number of amides is 1. The Morgan fingerprint density at radius 1 is 1.60 bits per heavy atom. The van der Waals surface area contributed by atoms with Crippen LogP contribution >= 0.6 is 11.8 Å². The summed E-state index contributed by atoms with van der Waals surface area (Å²) < 4.78 is 5.04. The van der Waals surface area contributed by atoms with E-state index >= 15 is 0 Å². The minimum atomic E-state index is -0.502. The molecule has 1 aliphatic heterocycles. The second-order valence-corrected chi connectivity index (χ2v) is 4.55. The Bertz CT molecular complexity index is 393. The summed E-state index contributed by atoms with van der Waals surface area (Å²) in [5.41, 5.74) is 11.6. The van der Waals surface area contributed by atoms with Crippen LogP contribution in [0.15, 0.2) is 17.3 Å². The van der Waals surface area contributed by atoms with Gasteiger partial charge in [-0.05, 0) is 6.07 Å². The fourth-order valence-corrected chi connectivity index (χ4v) is 2.22. The number of anilines is 1. The lowest BCUT2D eigenvalue weighted by atomic mass is 10.2. The molecule has 0 spiro atoms. The van der Waals surface area contributed by atoms with Gasteiger partial charge in [-0.2, -0.15) is 0 Å². The smallest absolute Gasteiger partial charge is 0.251 e. The first-order valence-electron chi connectivity index (χ1n) is 4.46. The number of carbonyl (C=O) groups is 1. The molecule has 1 fully saturated rings. The molecule has 1 saturated heterocycles. The van der Waals surface area contributed by atoms with Crippen LogP contribution in [0, 0.1) is 0 Å². The fraction of sp³-hybridized carbons (Fsp3) is 0.333. The fourth-order valence-electron chi connectivity index (χ4n) is 1.18. The molecule has 4 N–H and O–H groups in total.